The first kappa shape index (κ1) is 12.0. The molecule has 0 aromatic heterocycles. The second kappa shape index (κ2) is 4.86. The van der Waals surface area contributed by atoms with Gasteiger partial charge >= 0.3 is 12.1 Å². The number of halogens is 3. The van der Waals surface area contributed by atoms with Crippen molar-refractivity contribution in [3.8, 4) is 0 Å². The Morgan fingerprint density at radius 3 is 2.15 bits per heavy atom. The summed E-state index contributed by atoms with van der Waals surface area (Å²) in [6, 6.07) is 0.616. The summed E-state index contributed by atoms with van der Waals surface area (Å²) in [6.07, 6.45) is -0.773. The van der Waals surface area contributed by atoms with Crippen molar-refractivity contribution >= 4 is 5.97 Å². The zero-order valence-electron chi connectivity index (χ0n) is 6.93. The molecule has 3 nitrogen and oxygen atoms in total. The summed E-state index contributed by atoms with van der Waals surface area (Å²) in [5, 5.41) is 10.3. The third kappa shape index (κ3) is 6.15. The lowest BCUT2D eigenvalue weighted by Gasteiger charge is -1.94. The van der Waals surface area contributed by atoms with Crippen molar-refractivity contribution < 1.29 is 23.1 Å². The molecule has 0 bridgehead atoms. The Morgan fingerprint density at radius 2 is 2.08 bits per heavy atom. The highest BCUT2D eigenvalue weighted by Gasteiger charge is 2.38. The van der Waals surface area contributed by atoms with Gasteiger partial charge < -0.3 is 10.4 Å². The number of aliphatic carboxylic acids is 1. The van der Waals surface area contributed by atoms with Crippen LogP contribution in [0.5, 0.6) is 0 Å². The molecule has 1 atom stereocenters. The van der Waals surface area contributed by atoms with Crippen molar-refractivity contribution in [3.63, 3.8) is 0 Å². The predicted octanol–water partition coefficient (Wildman–Crippen LogP) is 1.17. The fraction of sp³-hybridized carbons (Fsp3) is 0.571. The number of carboxylic acid groups (broad SMARTS) is 1. The van der Waals surface area contributed by atoms with Gasteiger partial charge in [0, 0.05) is 12.6 Å². The molecule has 0 saturated heterocycles. The number of nitrogens with one attached hydrogen (secondary N) is 1. The Balaban J connectivity index is 0.000000223. The Bertz CT molecular complexity index is 200. The highest BCUT2D eigenvalue weighted by atomic mass is 19.4. The van der Waals surface area contributed by atoms with Crippen LogP contribution in [-0.2, 0) is 4.79 Å². The van der Waals surface area contributed by atoms with Crippen LogP contribution < -0.4 is 5.32 Å². The van der Waals surface area contributed by atoms with Gasteiger partial charge in [-0.1, -0.05) is 12.2 Å². The SMILES string of the molecule is C[C@@H]1C=CCN1.O=C(O)C(F)(F)F. The lowest BCUT2D eigenvalue weighted by Crippen LogP contribution is -2.21. The van der Waals surface area contributed by atoms with Crippen molar-refractivity contribution in [1.82, 2.24) is 5.32 Å². The first-order valence-electron chi connectivity index (χ1n) is 3.54. The van der Waals surface area contributed by atoms with Crippen molar-refractivity contribution in [3.05, 3.63) is 12.2 Å². The molecule has 0 radical (unpaired) electrons. The minimum absolute atomic E-state index is 0.616. The van der Waals surface area contributed by atoms with E-state index in [1.807, 2.05) is 0 Å². The number of hydrogen-bond acceptors (Lipinski definition) is 2. The maximum Gasteiger partial charge on any atom is 0.490 e. The fourth-order valence-electron chi connectivity index (χ4n) is 0.594. The summed E-state index contributed by atoms with van der Waals surface area (Å²) in [7, 11) is 0. The number of carbonyl (C=O) groups is 1. The normalized spacial score (nSPS) is 20.8. The molecule has 0 spiro atoms. The maximum atomic E-state index is 10.6. The zero-order chi connectivity index (χ0) is 10.5. The molecule has 0 fully saturated rings. The molecule has 0 aromatic rings. The van der Waals surface area contributed by atoms with Crippen molar-refractivity contribution in [1.29, 1.82) is 0 Å². The number of hydrogen-bond donors (Lipinski definition) is 2. The predicted molar refractivity (Wildman–Crippen MR) is 40.3 cm³/mol. The van der Waals surface area contributed by atoms with E-state index >= 15 is 0 Å². The van der Waals surface area contributed by atoms with Crippen LogP contribution >= 0.6 is 0 Å². The molecular weight excluding hydrogens is 187 g/mol. The van der Waals surface area contributed by atoms with Crippen LogP contribution in [0.15, 0.2) is 12.2 Å². The summed E-state index contributed by atoms with van der Waals surface area (Å²) in [6.45, 7) is 3.20. The lowest BCUT2D eigenvalue weighted by atomic mass is 10.4. The van der Waals surface area contributed by atoms with E-state index in [0.29, 0.717) is 6.04 Å². The van der Waals surface area contributed by atoms with Gasteiger partial charge in [-0.05, 0) is 6.92 Å². The van der Waals surface area contributed by atoms with Gasteiger partial charge in [0.1, 0.15) is 0 Å². The Morgan fingerprint density at radius 1 is 1.62 bits per heavy atom. The first-order valence-corrected chi connectivity index (χ1v) is 3.54. The van der Waals surface area contributed by atoms with Gasteiger partial charge in [0.05, 0.1) is 0 Å². The van der Waals surface area contributed by atoms with Crippen LogP contribution in [0, 0.1) is 0 Å². The largest absolute Gasteiger partial charge is 0.490 e. The zero-order valence-corrected chi connectivity index (χ0v) is 6.93. The van der Waals surface area contributed by atoms with E-state index in [-0.39, 0.29) is 0 Å². The molecule has 0 aromatic carbocycles. The molecule has 1 rings (SSSR count). The van der Waals surface area contributed by atoms with Gasteiger partial charge in [0.2, 0.25) is 0 Å². The summed E-state index contributed by atoms with van der Waals surface area (Å²) < 4.78 is 31.7. The standard InChI is InChI=1S/C5H9N.C2HF3O2/c1-5-3-2-4-6-5;3-2(4,5)1(6)7/h2-3,5-6H,4H2,1H3;(H,6,7)/t5-;/m1./s1. The Hall–Kier alpha value is -1.04. The van der Waals surface area contributed by atoms with E-state index in [1.54, 1.807) is 0 Å². The average Bonchev–Trinajstić information content (AvgIpc) is 2.38. The first-order chi connectivity index (χ1) is 5.84. The molecule has 1 heterocycles. The molecule has 0 amide bonds. The lowest BCUT2D eigenvalue weighted by molar-refractivity contribution is -0.192. The molecular formula is C7H10F3NO2. The van der Waals surface area contributed by atoms with Gasteiger partial charge in [-0.3, -0.25) is 0 Å². The van der Waals surface area contributed by atoms with Crippen LogP contribution in [0.25, 0.3) is 0 Å². The molecule has 13 heavy (non-hydrogen) atoms. The topological polar surface area (TPSA) is 49.3 Å². The highest BCUT2D eigenvalue weighted by Crippen LogP contribution is 2.13. The molecule has 1 aliphatic rings. The molecule has 76 valence electrons. The Kier molecular flexibility index (Phi) is 4.47. The number of rotatable bonds is 0. The van der Waals surface area contributed by atoms with E-state index < -0.39 is 12.1 Å². The van der Waals surface area contributed by atoms with Crippen molar-refractivity contribution in [2.75, 3.05) is 6.54 Å². The summed E-state index contributed by atoms with van der Waals surface area (Å²) >= 11 is 0. The molecule has 6 heteroatoms. The van der Waals surface area contributed by atoms with Gasteiger partial charge in [0.15, 0.2) is 0 Å². The van der Waals surface area contributed by atoms with Crippen LogP contribution in [0.2, 0.25) is 0 Å². The van der Waals surface area contributed by atoms with Gasteiger partial charge in [-0.15, -0.1) is 0 Å². The minimum Gasteiger partial charge on any atom is -0.475 e. The third-order valence-electron chi connectivity index (χ3n) is 1.22. The number of carboxylic acids is 1. The Labute approximate surface area is 73.2 Å². The van der Waals surface area contributed by atoms with E-state index in [9.17, 15) is 13.2 Å². The van der Waals surface area contributed by atoms with E-state index in [4.69, 9.17) is 9.90 Å². The average molecular weight is 197 g/mol. The van der Waals surface area contributed by atoms with Gasteiger partial charge in [-0.25, -0.2) is 4.79 Å². The quantitative estimate of drug-likeness (QED) is 0.573. The van der Waals surface area contributed by atoms with Crippen LogP contribution in [0.3, 0.4) is 0 Å². The summed E-state index contributed by atoms with van der Waals surface area (Å²) in [5.41, 5.74) is 0. The minimum atomic E-state index is -5.08. The number of alkyl halides is 3. The molecule has 0 aliphatic carbocycles. The smallest absolute Gasteiger partial charge is 0.475 e. The van der Waals surface area contributed by atoms with Crippen LogP contribution in [0.1, 0.15) is 6.92 Å². The highest BCUT2D eigenvalue weighted by molar-refractivity contribution is 5.73. The molecule has 0 saturated carbocycles. The van der Waals surface area contributed by atoms with Gasteiger partial charge in [-0.2, -0.15) is 13.2 Å². The molecule has 1 aliphatic heterocycles. The second-order valence-corrected chi connectivity index (χ2v) is 2.43. The molecule has 2 N–H and O–H groups in total. The van der Waals surface area contributed by atoms with Crippen molar-refractivity contribution in [2.24, 2.45) is 0 Å². The van der Waals surface area contributed by atoms with E-state index in [2.05, 4.69) is 24.4 Å². The van der Waals surface area contributed by atoms with Gasteiger partial charge in [0.25, 0.3) is 0 Å². The fourth-order valence-corrected chi connectivity index (χ4v) is 0.594. The van der Waals surface area contributed by atoms with Crippen LogP contribution in [0.4, 0.5) is 13.2 Å². The van der Waals surface area contributed by atoms with E-state index in [1.165, 1.54) is 0 Å². The monoisotopic (exact) mass is 197 g/mol. The summed E-state index contributed by atoms with van der Waals surface area (Å²) in [5.74, 6) is -2.76. The van der Waals surface area contributed by atoms with Crippen molar-refractivity contribution in [2.45, 2.75) is 19.1 Å². The summed E-state index contributed by atoms with van der Waals surface area (Å²) in [4.78, 5) is 8.90. The second-order valence-electron chi connectivity index (χ2n) is 2.43. The van der Waals surface area contributed by atoms with E-state index in [0.717, 1.165) is 6.54 Å². The third-order valence-corrected chi connectivity index (χ3v) is 1.22. The maximum absolute atomic E-state index is 10.6. The van der Waals surface area contributed by atoms with Crippen LogP contribution in [-0.4, -0.2) is 29.8 Å². The molecule has 0 unspecified atom stereocenters.